The third kappa shape index (κ3) is 4.35. The number of carbonyl (C=O) groups is 1. The largest absolute Gasteiger partial charge is 0.508 e. The zero-order valence-corrected chi connectivity index (χ0v) is 18.1. The van der Waals surface area contributed by atoms with Crippen molar-refractivity contribution in [2.24, 2.45) is 0 Å². The van der Waals surface area contributed by atoms with Crippen molar-refractivity contribution in [3.63, 3.8) is 0 Å². The molecule has 3 N–H and O–H groups in total. The number of rotatable bonds is 2. The summed E-state index contributed by atoms with van der Waals surface area (Å²) in [4.78, 5) is 12.9. The molecule has 3 rings (SSSR count). The zero-order valence-electron chi connectivity index (χ0n) is 18.1. The van der Waals surface area contributed by atoms with Gasteiger partial charge >= 0.3 is 0 Å². The number of hydrogen-bond acceptors (Lipinski definition) is 4. The number of benzene rings is 2. The summed E-state index contributed by atoms with van der Waals surface area (Å²) in [5.74, 6) is -2.32. The Morgan fingerprint density at radius 3 is 2.27 bits per heavy atom. The number of hydrogen-bond donors (Lipinski definition) is 3. The number of halogens is 2. The number of anilines is 2. The Kier molecular flexibility index (Phi) is 5.43. The lowest BCUT2D eigenvalue weighted by atomic mass is 9.79. The summed E-state index contributed by atoms with van der Waals surface area (Å²) in [6.07, 6.45) is -0.945. The molecule has 2 aromatic rings. The first-order valence-corrected chi connectivity index (χ1v) is 9.86. The fraction of sp³-hybridized carbons (Fsp3) is 0.435. The van der Waals surface area contributed by atoms with Crippen LogP contribution in [0.4, 0.5) is 20.2 Å². The van der Waals surface area contributed by atoms with Crippen molar-refractivity contribution in [2.45, 2.75) is 58.5 Å². The Balaban J connectivity index is 0.00000341. The van der Waals surface area contributed by atoms with E-state index in [2.05, 4.69) is 10.6 Å². The second-order valence-corrected chi connectivity index (χ2v) is 9.65. The third-order valence-corrected chi connectivity index (χ3v) is 5.07. The highest BCUT2D eigenvalue weighted by Crippen LogP contribution is 2.40. The van der Waals surface area contributed by atoms with E-state index in [9.17, 15) is 18.7 Å². The van der Waals surface area contributed by atoms with Crippen LogP contribution in [0.5, 0.6) is 11.5 Å². The van der Waals surface area contributed by atoms with Crippen LogP contribution in [-0.2, 0) is 15.6 Å². The van der Waals surface area contributed by atoms with Gasteiger partial charge in [-0.3, -0.25) is 4.79 Å². The van der Waals surface area contributed by atoms with Crippen molar-refractivity contribution in [1.82, 2.24) is 0 Å². The second-order valence-electron chi connectivity index (χ2n) is 9.65. The molecule has 0 aliphatic carbocycles. The summed E-state index contributed by atoms with van der Waals surface area (Å²) in [7, 11) is 0. The number of ether oxygens (including phenoxy) is 1. The van der Waals surface area contributed by atoms with Crippen LogP contribution in [-0.4, -0.2) is 23.7 Å². The zero-order chi connectivity index (χ0) is 22.4. The molecule has 0 bridgehead atoms. The molecule has 1 atom stereocenters. The molecule has 2 aromatic carbocycles. The van der Waals surface area contributed by atoms with Crippen LogP contribution in [0, 0.1) is 11.6 Å². The van der Waals surface area contributed by atoms with Crippen LogP contribution in [0.15, 0.2) is 24.3 Å². The topological polar surface area (TPSA) is 70.6 Å². The van der Waals surface area contributed by atoms with Crippen molar-refractivity contribution in [3.05, 3.63) is 47.0 Å². The van der Waals surface area contributed by atoms with Gasteiger partial charge in [0, 0.05) is 25.3 Å². The minimum absolute atomic E-state index is 0. The summed E-state index contributed by atoms with van der Waals surface area (Å²) in [5, 5.41) is 16.3. The maximum absolute atomic E-state index is 13.5. The van der Waals surface area contributed by atoms with E-state index < -0.39 is 23.6 Å². The lowest BCUT2D eigenvalue weighted by Gasteiger charge is -2.30. The molecular weight excluding hydrogens is 390 g/mol. The first-order chi connectivity index (χ1) is 13.8. The van der Waals surface area contributed by atoms with Crippen LogP contribution in [0.1, 0.15) is 54.1 Å². The highest BCUT2D eigenvalue weighted by atomic mass is 19.2. The molecule has 7 heteroatoms. The number of phenols is 1. The van der Waals surface area contributed by atoms with E-state index in [1.165, 1.54) is 0 Å². The normalized spacial score (nSPS) is 16.3. The van der Waals surface area contributed by atoms with Crippen LogP contribution in [0.25, 0.3) is 0 Å². The number of fused-ring (bicyclic) bond motifs is 1. The predicted octanol–water partition coefficient (Wildman–Crippen LogP) is 5.32. The molecule has 30 heavy (non-hydrogen) atoms. The average Bonchev–Trinajstić information content (AvgIpc) is 2.60. The molecule has 5 nitrogen and oxygen atoms in total. The first-order valence-electron chi connectivity index (χ1n) is 9.86. The van der Waals surface area contributed by atoms with Crippen LogP contribution >= 0.6 is 0 Å². The quantitative estimate of drug-likeness (QED) is 0.615. The Morgan fingerprint density at radius 1 is 1.07 bits per heavy atom. The fourth-order valence-electron chi connectivity index (χ4n) is 3.43. The summed E-state index contributed by atoms with van der Waals surface area (Å²) in [6.45, 7) is 12.2. The molecule has 0 saturated carbocycles. The first kappa shape index (κ1) is 21.9. The maximum Gasteiger partial charge on any atom is 0.267 e. The van der Waals surface area contributed by atoms with Crippen molar-refractivity contribution < 1.29 is 24.8 Å². The van der Waals surface area contributed by atoms with Crippen LogP contribution in [0.2, 0.25) is 0 Å². The van der Waals surface area contributed by atoms with Crippen LogP contribution < -0.4 is 15.4 Å². The van der Waals surface area contributed by atoms with Gasteiger partial charge in [-0.2, -0.15) is 0 Å². The lowest BCUT2D eigenvalue weighted by molar-refractivity contribution is -0.122. The molecule has 1 aliphatic rings. The molecule has 1 aliphatic heterocycles. The maximum atomic E-state index is 13.5. The molecular formula is C23H30F2N2O3. The van der Waals surface area contributed by atoms with E-state index in [1.54, 1.807) is 6.07 Å². The van der Waals surface area contributed by atoms with Crippen LogP contribution in [0.3, 0.4) is 0 Å². The Labute approximate surface area is 176 Å². The summed E-state index contributed by atoms with van der Waals surface area (Å²) >= 11 is 0. The monoisotopic (exact) mass is 420 g/mol. The minimum atomic E-state index is -1.05. The Hall–Kier alpha value is -2.83. The van der Waals surface area contributed by atoms with Crippen molar-refractivity contribution >= 4 is 17.3 Å². The summed E-state index contributed by atoms with van der Waals surface area (Å²) < 4.78 is 32.5. The van der Waals surface area contributed by atoms with Gasteiger partial charge in [0.1, 0.15) is 11.5 Å². The number of nitrogens with one attached hydrogen (secondary N) is 2. The highest BCUT2D eigenvalue weighted by molar-refractivity contribution is 5.96. The van der Waals surface area contributed by atoms with E-state index in [0.717, 1.165) is 23.3 Å². The smallest absolute Gasteiger partial charge is 0.267 e. The Morgan fingerprint density at radius 2 is 1.67 bits per heavy atom. The minimum Gasteiger partial charge on any atom is -0.508 e. The number of aromatic hydroxyl groups is 1. The fourth-order valence-corrected chi connectivity index (χ4v) is 3.43. The van der Waals surface area contributed by atoms with E-state index in [4.69, 9.17) is 4.74 Å². The number of carbonyl (C=O) groups excluding carboxylic acids is 1. The molecule has 0 fully saturated rings. The number of amides is 1. The highest BCUT2D eigenvalue weighted by Gasteiger charge is 2.30. The van der Waals surface area contributed by atoms with Gasteiger partial charge < -0.3 is 20.5 Å². The summed E-state index contributed by atoms with van der Waals surface area (Å²) in [5.41, 5.74) is 1.86. The third-order valence-electron chi connectivity index (χ3n) is 5.07. The molecule has 0 saturated heterocycles. The van der Waals surface area contributed by atoms with Gasteiger partial charge in [0.2, 0.25) is 0 Å². The van der Waals surface area contributed by atoms with Gasteiger partial charge in [-0.25, -0.2) is 8.78 Å². The van der Waals surface area contributed by atoms with Gasteiger partial charge in [-0.05, 0) is 28.0 Å². The predicted molar refractivity (Wildman–Crippen MR) is 116 cm³/mol. The van der Waals surface area contributed by atoms with Crippen molar-refractivity contribution in [2.75, 3.05) is 17.2 Å². The molecule has 0 aromatic heterocycles. The number of phenolic OH excluding ortho intramolecular Hbond substituents is 1. The van der Waals surface area contributed by atoms with E-state index >= 15 is 0 Å². The van der Waals surface area contributed by atoms with Gasteiger partial charge in [-0.15, -0.1) is 0 Å². The lowest BCUT2D eigenvalue weighted by Crippen LogP contribution is -2.41. The molecule has 1 amide bonds. The average molecular weight is 421 g/mol. The standard InChI is InChI=1S/C23H28F2N2O3.H2/c1-22(2,3)12-7-13(23(4,5)6)18(28)10-16(12)27-21(29)20-11-26-17-8-14(24)15(25)9-19(17)30-20;/h7-10,20,26,28H,11H2,1-6H3,(H,27,29);1H. The molecule has 164 valence electrons. The van der Waals surface area contributed by atoms with Gasteiger partial charge in [-0.1, -0.05) is 41.5 Å². The van der Waals surface area contributed by atoms with E-state index in [1.807, 2.05) is 47.6 Å². The van der Waals surface area contributed by atoms with Crippen molar-refractivity contribution in [3.8, 4) is 11.5 Å². The molecule has 1 unspecified atom stereocenters. The van der Waals surface area contributed by atoms with E-state index in [-0.39, 0.29) is 30.3 Å². The molecule has 1 heterocycles. The molecule has 0 radical (unpaired) electrons. The van der Waals surface area contributed by atoms with Gasteiger partial charge in [0.25, 0.3) is 5.91 Å². The van der Waals surface area contributed by atoms with Gasteiger partial charge in [0.05, 0.1) is 12.2 Å². The van der Waals surface area contributed by atoms with Crippen molar-refractivity contribution in [1.29, 1.82) is 0 Å². The summed E-state index contributed by atoms with van der Waals surface area (Å²) in [6, 6.07) is 5.39. The Bertz CT molecular complexity index is 998. The van der Waals surface area contributed by atoms with Gasteiger partial charge in [0.15, 0.2) is 17.7 Å². The molecule has 0 spiro atoms. The SMILES string of the molecule is CC(C)(C)c1cc(C(C)(C)C)c(NC(=O)C2CNc3cc(F)c(F)cc3O2)cc1O.[HH]. The van der Waals surface area contributed by atoms with E-state index in [0.29, 0.717) is 11.4 Å². The second kappa shape index (κ2) is 7.45.